The number of hydrogen-bond donors (Lipinski definition) is 1. The van der Waals surface area contributed by atoms with Crippen molar-refractivity contribution in [3.63, 3.8) is 0 Å². The maximum absolute atomic E-state index is 13.4. The highest BCUT2D eigenvalue weighted by Gasteiger charge is 2.35. The van der Waals surface area contributed by atoms with E-state index in [1.165, 1.54) is 53.4 Å². The molecule has 1 aliphatic rings. The summed E-state index contributed by atoms with van der Waals surface area (Å²) in [6.45, 7) is 0.313. The van der Waals surface area contributed by atoms with Gasteiger partial charge in [0.1, 0.15) is 16.9 Å². The molecule has 37 heavy (non-hydrogen) atoms. The number of amidine groups is 1. The molecule has 0 aromatic heterocycles. The number of ether oxygens (including phenoxy) is 2. The van der Waals surface area contributed by atoms with E-state index in [0.717, 1.165) is 17.3 Å². The molecule has 1 N–H and O–H groups in total. The van der Waals surface area contributed by atoms with Crippen molar-refractivity contribution in [2.75, 3.05) is 26.1 Å². The number of anilines is 1. The SMILES string of the molecule is COc1ccc(CCN2C(=O)CC(C(=O)Nc3ccc(F)cc3)SC2=Nc2ccc(F)cc2)cc1OC. The van der Waals surface area contributed by atoms with Gasteiger partial charge in [0.2, 0.25) is 11.8 Å². The van der Waals surface area contributed by atoms with E-state index >= 15 is 0 Å². The number of carbonyl (C=O) groups excluding carboxylic acids is 2. The predicted octanol–water partition coefficient (Wildman–Crippen LogP) is 5.19. The van der Waals surface area contributed by atoms with Crippen LogP contribution in [-0.2, 0) is 16.0 Å². The zero-order valence-corrected chi connectivity index (χ0v) is 21.1. The van der Waals surface area contributed by atoms with Gasteiger partial charge in [-0.2, -0.15) is 0 Å². The molecule has 2 amide bonds. The average Bonchev–Trinajstić information content (AvgIpc) is 2.90. The zero-order chi connectivity index (χ0) is 26.4. The predicted molar refractivity (Wildman–Crippen MR) is 139 cm³/mol. The quantitative estimate of drug-likeness (QED) is 0.438. The fraction of sp³-hybridized carbons (Fsp3) is 0.222. The van der Waals surface area contributed by atoms with Gasteiger partial charge in [0, 0.05) is 18.7 Å². The van der Waals surface area contributed by atoms with Crippen molar-refractivity contribution >= 4 is 40.1 Å². The Hall–Kier alpha value is -3.92. The Bertz CT molecular complexity index is 1300. The summed E-state index contributed by atoms with van der Waals surface area (Å²) in [7, 11) is 3.11. The largest absolute Gasteiger partial charge is 0.493 e. The lowest BCUT2D eigenvalue weighted by molar-refractivity contribution is -0.129. The van der Waals surface area contributed by atoms with Gasteiger partial charge in [-0.15, -0.1) is 0 Å². The lowest BCUT2D eigenvalue weighted by Crippen LogP contribution is -2.46. The third-order valence-corrected chi connectivity index (χ3v) is 6.85. The van der Waals surface area contributed by atoms with Gasteiger partial charge < -0.3 is 14.8 Å². The number of thioether (sulfide) groups is 1. The number of hydrogen-bond acceptors (Lipinski definition) is 6. The van der Waals surface area contributed by atoms with Gasteiger partial charge in [0.05, 0.1) is 19.9 Å². The Morgan fingerprint density at radius 2 is 1.65 bits per heavy atom. The molecule has 7 nitrogen and oxygen atoms in total. The molecular weight excluding hydrogens is 500 g/mol. The van der Waals surface area contributed by atoms with E-state index in [1.54, 1.807) is 20.3 Å². The summed E-state index contributed by atoms with van der Waals surface area (Å²) < 4.78 is 37.3. The average molecular weight is 526 g/mol. The maximum Gasteiger partial charge on any atom is 0.238 e. The molecule has 3 aromatic carbocycles. The number of rotatable bonds is 8. The third-order valence-electron chi connectivity index (χ3n) is 5.67. The highest BCUT2D eigenvalue weighted by atomic mass is 32.2. The molecule has 1 unspecified atom stereocenters. The molecule has 0 aliphatic carbocycles. The van der Waals surface area contributed by atoms with Crippen LogP contribution >= 0.6 is 11.8 Å². The van der Waals surface area contributed by atoms with Crippen LogP contribution in [-0.4, -0.2) is 47.9 Å². The van der Waals surface area contributed by atoms with Crippen LogP contribution in [0, 0.1) is 11.6 Å². The van der Waals surface area contributed by atoms with Gasteiger partial charge in [-0.1, -0.05) is 17.8 Å². The molecule has 0 radical (unpaired) electrons. The van der Waals surface area contributed by atoms with Crippen molar-refractivity contribution in [1.29, 1.82) is 0 Å². The molecule has 3 aromatic rings. The van der Waals surface area contributed by atoms with Crippen molar-refractivity contribution in [2.45, 2.75) is 18.1 Å². The highest BCUT2D eigenvalue weighted by Crippen LogP contribution is 2.31. The summed E-state index contributed by atoms with van der Waals surface area (Å²) in [5.74, 6) is -0.297. The molecule has 192 valence electrons. The van der Waals surface area contributed by atoms with Crippen LogP contribution in [0.2, 0.25) is 0 Å². The van der Waals surface area contributed by atoms with Gasteiger partial charge in [0.15, 0.2) is 16.7 Å². The summed E-state index contributed by atoms with van der Waals surface area (Å²) >= 11 is 1.15. The Morgan fingerprint density at radius 1 is 1.00 bits per heavy atom. The van der Waals surface area contributed by atoms with Crippen LogP contribution in [0.4, 0.5) is 20.2 Å². The first-order chi connectivity index (χ1) is 17.9. The molecule has 1 heterocycles. The normalized spacial score (nSPS) is 16.5. The van der Waals surface area contributed by atoms with Crippen LogP contribution in [0.5, 0.6) is 11.5 Å². The Labute approximate surface area is 217 Å². The first-order valence-corrected chi connectivity index (χ1v) is 12.3. The second-order valence-corrected chi connectivity index (χ2v) is 9.33. The Morgan fingerprint density at radius 3 is 2.30 bits per heavy atom. The van der Waals surface area contributed by atoms with Crippen LogP contribution in [0.25, 0.3) is 0 Å². The minimum Gasteiger partial charge on any atom is -0.493 e. The number of amides is 2. The fourth-order valence-electron chi connectivity index (χ4n) is 3.72. The first kappa shape index (κ1) is 26.2. The molecule has 1 fully saturated rings. The topological polar surface area (TPSA) is 80.2 Å². The van der Waals surface area contributed by atoms with E-state index in [4.69, 9.17) is 9.47 Å². The monoisotopic (exact) mass is 525 g/mol. The zero-order valence-electron chi connectivity index (χ0n) is 20.2. The van der Waals surface area contributed by atoms with Crippen LogP contribution in [0.3, 0.4) is 0 Å². The number of nitrogens with one attached hydrogen (secondary N) is 1. The first-order valence-electron chi connectivity index (χ1n) is 11.4. The number of aliphatic imine (C=N–C) groups is 1. The minimum atomic E-state index is -0.742. The van der Waals surface area contributed by atoms with Gasteiger partial charge in [-0.3, -0.25) is 14.5 Å². The third kappa shape index (κ3) is 6.65. The van der Waals surface area contributed by atoms with Crippen molar-refractivity contribution in [3.8, 4) is 11.5 Å². The van der Waals surface area contributed by atoms with Gasteiger partial charge >= 0.3 is 0 Å². The van der Waals surface area contributed by atoms with E-state index in [0.29, 0.717) is 41.0 Å². The van der Waals surface area contributed by atoms with Crippen LogP contribution < -0.4 is 14.8 Å². The van der Waals surface area contributed by atoms with Crippen molar-refractivity contribution in [3.05, 3.63) is 83.9 Å². The second-order valence-electron chi connectivity index (χ2n) is 8.16. The maximum atomic E-state index is 13.4. The molecule has 4 rings (SSSR count). The molecule has 0 bridgehead atoms. The minimum absolute atomic E-state index is 0.0356. The number of benzene rings is 3. The van der Waals surface area contributed by atoms with Gasteiger partial charge in [0.25, 0.3) is 0 Å². The van der Waals surface area contributed by atoms with Gasteiger partial charge in [-0.05, 0) is 72.6 Å². The fourth-order valence-corrected chi connectivity index (χ4v) is 4.85. The highest BCUT2D eigenvalue weighted by molar-refractivity contribution is 8.15. The summed E-state index contributed by atoms with van der Waals surface area (Å²) in [4.78, 5) is 32.2. The van der Waals surface area contributed by atoms with Crippen molar-refractivity contribution in [2.24, 2.45) is 4.99 Å². The van der Waals surface area contributed by atoms with E-state index in [9.17, 15) is 18.4 Å². The summed E-state index contributed by atoms with van der Waals surface area (Å²) in [5.41, 5.74) is 1.80. The van der Waals surface area contributed by atoms with Crippen LogP contribution in [0.15, 0.2) is 71.7 Å². The lowest BCUT2D eigenvalue weighted by Gasteiger charge is -2.32. The van der Waals surface area contributed by atoms with E-state index in [2.05, 4.69) is 10.3 Å². The molecule has 0 spiro atoms. The van der Waals surface area contributed by atoms with Crippen LogP contribution in [0.1, 0.15) is 12.0 Å². The second kappa shape index (κ2) is 11.9. The summed E-state index contributed by atoms with van der Waals surface area (Å²) in [6, 6.07) is 16.5. The number of methoxy groups -OCH3 is 2. The standard InChI is InChI=1S/C27H25F2N3O4S/c1-35-22-12-3-17(15-23(22)36-2)13-14-32-25(33)16-24(26(34)30-20-8-4-18(28)5-9-20)37-27(32)31-21-10-6-19(29)7-11-21/h3-12,15,24H,13-14,16H2,1-2H3,(H,30,34). The van der Waals surface area contributed by atoms with E-state index < -0.39 is 22.8 Å². The molecule has 0 saturated carbocycles. The molecule has 10 heteroatoms. The van der Waals surface area contributed by atoms with Crippen molar-refractivity contribution in [1.82, 2.24) is 4.90 Å². The van der Waals surface area contributed by atoms with E-state index in [1.807, 2.05) is 12.1 Å². The Kier molecular flexibility index (Phi) is 8.39. The molecule has 1 saturated heterocycles. The molecule has 1 atom stereocenters. The molecule has 1 aliphatic heterocycles. The summed E-state index contributed by atoms with van der Waals surface area (Å²) in [5, 5.41) is 2.31. The van der Waals surface area contributed by atoms with Gasteiger partial charge in [-0.25, -0.2) is 13.8 Å². The van der Waals surface area contributed by atoms with Crippen molar-refractivity contribution < 1.29 is 27.8 Å². The molecular formula is C27H25F2N3O4S. The summed E-state index contributed by atoms with van der Waals surface area (Å²) in [6.07, 6.45) is 0.466. The lowest BCUT2D eigenvalue weighted by atomic mass is 10.1. The Balaban J connectivity index is 1.55. The number of carbonyl (C=O) groups is 2. The van der Waals surface area contributed by atoms with E-state index in [-0.39, 0.29) is 12.3 Å². The smallest absolute Gasteiger partial charge is 0.238 e. The number of nitrogens with zero attached hydrogens (tertiary/aromatic N) is 2. The number of halogens is 2.